The maximum absolute atomic E-state index is 10.4. The third-order valence-electron chi connectivity index (χ3n) is 2.81. The van der Waals surface area contributed by atoms with Crippen LogP contribution in [0.25, 0.3) is 0 Å². The second-order valence-corrected chi connectivity index (χ2v) is 3.82. The first-order valence-corrected chi connectivity index (χ1v) is 4.90. The molecule has 1 aromatic heterocycles. The molecule has 0 saturated carbocycles. The first-order chi connectivity index (χ1) is 6.79. The number of carbonyl (C=O) groups is 1. The van der Waals surface area contributed by atoms with Crippen molar-refractivity contribution in [1.29, 1.82) is 0 Å². The van der Waals surface area contributed by atoms with Crippen LogP contribution in [0, 0.1) is 0 Å². The molecule has 4 nitrogen and oxygen atoms in total. The van der Waals surface area contributed by atoms with Gasteiger partial charge in [0.1, 0.15) is 11.5 Å². The zero-order valence-electron chi connectivity index (χ0n) is 8.27. The molecule has 0 N–H and O–H groups in total. The summed E-state index contributed by atoms with van der Waals surface area (Å²) in [5.74, 6) is 0.811. The molecular weight excluding hydrogens is 180 g/mol. The summed E-state index contributed by atoms with van der Waals surface area (Å²) in [5.41, 5.74) is 0.389. The molecular formula is C10H14N2O2. The van der Waals surface area contributed by atoms with Crippen LogP contribution in [0.4, 0.5) is 0 Å². The van der Waals surface area contributed by atoms with Crippen LogP contribution in [-0.2, 0) is 6.42 Å². The van der Waals surface area contributed by atoms with E-state index in [0.29, 0.717) is 18.0 Å². The predicted octanol–water partition coefficient (Wildman–Crippen LogP) is 1.12. The average molecular weight is 194 g/mol. The van der Waals surface area contributed by atoms with Crippen LogP contribution in [0.1, 0.15) is 29.1 Å². The summed E-state index contributed by atoms with van der Waals surface area (Å²) in [7, 11) is 2.12. The molecule has 0 aliphatic carbocycles. The molecule has 1 fully saturated rings. The van der Waals surface area contributed by atoms with Gasteiger partial charge in [-0.1, -0.05) is 5.16 Å². The lowest BCUT2D eigenvalue weighted by Gasteiger charge is -2.17. The molecule has 1 saturated heterocycles. The Kier molecular flexibility index (Phi) is 2.63. The minimum absolute atomic E-state index is 0.389. The molecule has 4 heteroatoms. The second-order valence-electron chi connectivity index (χ2n) is 3.82. The van der Waals surface area contributed by atoms with Crippen molar-refractivity contribution in [2.24, 2.45) is 0 Å². The Labute approximate surface area is 82.9 Å². The summed E-state index contributed by atoms with van der Waals surface area (Å²) in [6.45, 7) is 1.15. The topological polar surface area (TPSA) is 46.3 Å². The van der Waals surface area contributed by atoms with Crippen LogP contribution in [0.5, 0.6) is 0 Å². The largest absolute Gasteiger partial charge is 0.361 e. The van der Waals surface area contributed by atoms with Gasteiger partial charge in [0.05, 0.1) is 0 Å². The molecule has 2 rings (SSSR count). The molecule has 0 spiro atoms. The average Bonchev–Trinajstić information content (AvgIpc) is 2.77. The maximum atomic E-state index is 10.4. The number of hydrogen-bond acceptors (Lipinski definition) is 4. The normalized spacial score (nSPS) is 22.8. The van der Waals surface area contributed by atoms with E-state index < -0.39 is 0 Å². The van der Waals surface area contributed by atoms with Crippen molar-refractivity contribution in [2.45, 2.75) is 25.3 Å². The van der Waals surface area contributed by atoms with E-state index in [2.05, 4.69) is 17.1 Å². The highest BCUT2D eigenvalue weighted by Gasteiger charge is 2.22. The Morgan fingerprint density at radius 3 is 3.21 bits per heavy atom. The zero-order chi connectivity index (χ0) is 9.97. The first-order valence-electron chi connectivity index (χ1n) is 4.90. The van der Waals surface area contributed by atoms with Gasteiger partial charge in [0.15, 0.2) is 6.29 Å². The van der Waals surface area contributed by atoms with Crippen molar-refractivity contribution < 1.29 is 9.32 Å². The van der Waals surface area contributed by atoms with Gasteiger partial charge < -0.3 is 9.42 Å². The Balaban J connectivity index is 1.99. The highest BCUT2D eigenvalue weighted by molar-refractivity contribution is 5.71. The summed E-state index contributed by atoms with van der Waals surface area (Å²) >= 11 is 0. The van der Waals surface area contributed by atoms with Gasteiger partial charge in [0.25, 0.3) is 0 Å². The van der Waals surface area contributed by atoms with E-state index >= 15 is 0 Å². The van der Waals surface area contributed by atoms with Gasteiger partial charge in [-0.2, -0.15) is 0 Å². The third kappa shape index (κ3) is 1.85. The van der Waals surface area contributed by atoms with E-state index in [1.807, 2.05) is 0 Å². The quantitative estimate of drug-likeness (QED) is 0.676. The highest BCUT2D eigenvalue weighted by Crippen LogP contribution is 2.19. The number of likely N-dealkylation sites (N-methyl/N-ethyl adjacent to an activating group) is 1. The summed E-state index contributed by atoms with van der Waals surface area (Å²) < 4.78 is 5.06. The first kappa shape index (κ1) is 9.40. The number of nitrogens with zero attached hydrogens (tertiary/aromatic N) is 2. The molecule has 2 heterocycles. The fraction of sp³-hybridized carbons (Fsp3) is 0.600. The smallest absolute Gasteiger partial charge is 0.171 e. The molecule has 0 amide bonds. The lowest BCUT2D eigenvalue weighted by Crippen LogP contribution is -2.26. The summed E-state index contributed by atoms with van der Waals surface area (Å²) in [4.78, 5) is 12.7. The number of aromatic nitrogens is 1. The van der Waals surface area contributed by atoms with Crippen LogP contribution in [0.2, 0.25) is 0 Å². The minimum Gasteiger partial charge on any atom is -0.361 e. The van der Waals surface area contributed by atoms with Gasteiger partial charge in [-0.15, -0.1) is 0 Å². The number of hydrogen-bond donors (Lipinski definition) is 0. The van der Waals surface area contributed by atoms with E-state index in [0.717, 1.165) is 18.7 Å². The summed E-state index contributed by atoms with van der Waals surface area (Å²) in [5, 5.41) is 3.64. The van der Waals surface area contributed by atoms with Crippen LogP contribution in [-0.4, -0.2) is 36.0 Å². The Morgan fingerprint density at radius 1 is 1.79 bits per heavy atom. The van der Waals surface area contributed by atoms with Crippen molar-refractivity contribution in [3.05, 3.63) is 17.5 Å². The van der Waals surface area contributed by atoms with E-state index in [9.17, 15) is 4.79 Å². The molecule has 0 radical (unpaired) electrons. The van der Waals surface area contributed by atoms with Crippen LogP contribution < -0.4 is 0 Å². The summed E-state index contributed by atoms with van der Waals surface area (Å²) in [6.07, 6.45) is 4.02. The van der Waals surface area contributed by atoms with Crippen LogP contribution in [0.15, 0.2) is 10.6 Å². The van der Waals surface area contributed by atoms with Crippen LogP contribution >= 0.6 is 0 Å². The Hall–Kier alpha value is -1.16. The number of carbonyl (C=O) groups excluding carboxylic acids is 1. The second kappa shape index (κ2) is 3.92. The van der Waals surface area contributed by atoms with Crippen molar-refractivity contribution >= 4 is 6.29 Å². The van der Waals surface area contributed by atoms with Crippen molar-refractivity contribution in [1.82, 2.24) is 10.1 Å². The molecule has 1 atom stereocenters. The summed E-state index contributed by atoms with van der Waals surface area (Å²) in [6, 6.07) is 2.27. The molecule has 76 valence electrons. The van der Waals surface area contributed by atoms with Gasteiger partial charge in [-0.3, -0.25) is 4.79 Å². The molecule has 1 unspecified atom stereocenters. The van der Waals surface area contributed by atoms with Crippen molar-refractivity contribution in [3.8, 4) is 0 Å². The van der Waals surface area contributed by atoms with Gasteiger partial charge in [0.2, 0.25) is 0 Å². The molecule has 1 aliphatic rings. The molecule has 0 bridgehead atoms. The predicted molar refractivity (Wildman–Crippen MR) is 51.2 cm³/mol. The molecule has 0 aromatic carbocycles. The van der Waals surface area contributed by atoms with Crippen molar-refractivity contribution in [2.75, 3.05) is 13.6 Å². The molecule has 1 aromatic rings. The SMILES string of the molecule is CN1CCCC1Cc1cc(C=O)no1. The van der Waals surface area contributed by atoms with Crippen LogP contribution in [0.3, 0.4) is 0 Å². The van der Waals surface area contributed by atoms with Gasteiger partial charge in [-0.05, 0) is 26.4 Å². The van der Waals surface area contributed by atoms with Gasteiger partial charge in [0, 0.05) is 18.5 Å². The van der Waals surface area contributed by atoms with Crippen molar-refractivity contribution in [3.63, 3.8) is 0 Å². The van der Waals surface area contributed by atoms with E-state index in [1.165, 1.54) is 12.8 Å². The number of aldehydes is 1. The molecule has 1 aliphatic heterocycles. The highest BCUT2D eigenvalue weighted by atomic mass is 16.5. The minimum atomic E-state index is 0.389. The van der Waals surface area contributed by atoms with E-state index in [1.54, 1.807) is 6.07 Å². The van der Waals surface area contributed by atoms with E-state index in [4.69, 9.17) is 4.52 Å². The van der Waals surface area contributed by atoms with E-state index in [-0.39, 0.29) is 0 Å². The third-order valence-corrected chi connectivity index (χ3v) is 2.81. The fourth-order valence-corrected chi connectivity index (χ4v) is 1.95. The number of rotatable bonds is 3. The maximum Gasteiger partial charge on any atom is 0.171 e. The number of likely N-dealkylation sites (tertiary alicyclic amines) is 1. The lowest BCUT2D eigenvalue weighted by atomic mass is 10.1. The zero-order valence-corrected chi connectivity index (χ0v) is 8.27. The lowest BCUT2D eigenvalue weighted by molar-refractivity contribution is 0.111. The van der Waals surface area contributed by atoms with Gasteiger partial charge >= 0.3 is 0 Å². The fourth-order valence-electron chi connectivity index (χ4n) is 1.95. The van der Waals surface area contributed by atoms with Gasteiger partial charge in [-0.25, -0.2) is 0 Å². The Bertz CT molecular complexity index is 322. The molecule has 14 heavy (non-hydrogen) atoms. The monoisotopic (exact) mass is 194 g/mol. The Morgan fingerprint density at radius 2 is 2.64 bits per heavy atom. The standard InChI is InChI=1S/C10H14N2O2/c1-12-4-2-3-9(12)6-10-5-8(7-13)11-14-10/h5,7,9H,2-4,6H2,1H3.